The minimum atomic E-state index is -0.440. The van der Waals surface area contributed by atoms with E-state index in [1.807, 2.05) is 28.8 Å². The zero-order valence-electron chi connectivity index (χ0n) is 15.4. The summed E-state index contributed by atoms with van der Waals surface area (Å²) in [5, 5.41) is 10.5. The summed E-state index contributed by atoms with van der Waals surface area (Å²) in [5.41, 5.74) is 1.71. The van der Waals surface area contributed by atoms with Gasteiger partial charge in [-0.1, -0.05) is 23.7 Å². The quantitative estimate of drug-likeness (QED) is 0.715. The van der Waals surface area contributed by atoms with Crippen LogP contribution in [0.4, 0.5) is 0 Å². The van der Waals surface area contributed by atoms with Crippen molar-refractivity contribution in [2.24, 2.45) is 0 Å². The number of ether oxygens (including phenoxy) is 1. The molecule has 1 aliphatic rings. The van der Waals surface area contributed by atoms with Crippen molar-refractivity contribution in [2.75, 3.05) is 13.1 Å². The number of aliphatic hydroxyl groups excluding tert-OH is 1. The molecule has 0 saturated carbocycles. The topological polar surface area (TPSA) is 67.6 Å². The number of amides is 1. The fourth-order valence-corrected chi connectivity index (χ4v) is 3.63. The summed E-state index contributed by atoms with van der Waals surface area (Å²) in [6.07, 6.45) is 1.13. The van der Waals surface area contributed by atoms with Gasteiger partial charge in [-0.2, -0.15) is 0 Å². The third-order valence-electron chi connectivity index (χ3n) is 4.96. The van der Waals surface area contributed by atoms with Crippen molar-refractivity contribution in [3.63, 3.8) is 0 Å². The Morgan fingerprint density at radius 1 is 1.21 bits per heavy atom. The fraction of sp³-hybridized carbons (Fsp3) is 0.333. The largest absolute Gasteiger partial charge is 0.486 e. The van der Waals surface area contributed by atoms with E-state index in [0.717, 1.165) is 23.9 Å². The van der Waals surface area contributed by atoms with Gasteiger partial charge in [-0.15, -0.1) is 0 Å². The average Bonchev–Trinajstić information content (AvgIpc) is 3.05. The Bertz CT molecular complexity index is 971. The maximum absolute atomic E-state index is 12.8. The summed E-state index contributed by atoms with van der Waals surface area (Å²) < 4.78 is 7.75. The van der Waals surface area contributed by atoms with Gasteiger partial charge in [0, 0.05) is 18.1 Å². The number of piperidine rings is 1. The van der Waals surface area contributed by atoms with Gasteiger partial charge in [-0.25, -0.2) is 4.98 Å². The first-order chi connectivity index (χ1) is 13.6. The Morgan fingerprint density at radius 2 is 2.00 bits per heavy atom. The lowest BCUT2D eigenvalue weighted by Gasteiger charge is -2.30. The number of fused-ring (bicyclic) bond motifs is 1. The number of hydrogen-bond acceptors (Lipinski definition) is 4. The maximum Gasteiger partial charge on any atom is 0.242 e. The Balaban J connectivity index is 1.56. The van der Waals surface area contributed by atoms with Gasteiger partial charge in [0.25, 0.3) is 0 Å². The predicted molar refractivity (Wildman–Crippen MR) is 107 cm³/mol. The van der Waals surface area contributed by atoms with Crippen molar-refractivity contribution in [1.82, 2.24) is 14.5 Å². The zero-order valence-corrected chi connectivity index (χ0v) is 16.2. The molecule has 0 unspecified atom stereocenters. The van der Waals surface area contributed by atoms with Crippen LogP contribution in [0.25, 0.3) is 11.0 Å². The monoisotopic (exact) mass is 399 g/mol. The SMILES string of the molecule is O=C(Cn1c(COc2ccc(Cl)cc2)nc2ccccc21)N1CCC[C@@H](O)C1. The molecule has 1 saturated heterocycles. The van der Waals surface area contributed by atoms with Crippen LogP contribution >= 0.6 is 11.6 Å². The molecule has 2 heterocycles. The molecule has 0 bridgehead atoms. The summed E-state index contributed by atoms with van der Waals surface area (Å²) in [7, 11) is 0. The molecule has 1 N–H and O–H groups in total. The fourth-order valence-electron chi connectivity index (χ4n) is 3.51. The summed E-state index contributed by atoms with van der Waals surface area (Å²) in [6.45, 7) is 1.49. The molecular formula is C21H22ClN3O3. The Morgan fingerprint density at radius 3 is 2.79 bits per heavy atom. The van der Waals surface area contributed by atoms with Crippen LogP contribution < -0.4 is 4.74 Å². The highest BCUT2D eigenvalue weighted by atomic mass is 35.5. The molecule has 7 heteroatoms. The normalized spacial score (nSPS) is 17.1. The van der Waals surface area contributed by atoms with Crippen LogP contribution in [0.3, 0.4) is 0 Å². The first kappa shape index (κ1) is 18.8. The van der Waals surface area contributed by atoms with E-state index >= 15 is 0 Å². The third kappa shape index (κ3) is 4.13. The molecule has 2 aromatic carbocycles. The second-order valence-electron chi connectivity index (χ2n) is 6.98. The summed E-state index contributed by atoms with van der Waals surface area (Å²) in [6, 6.07) is 14.9. The molecule has 0 aliphatic carbocycles. The number of β-amino-alcohol motifs (C(OH)–C–C–N with tert-alkyl or cyclic N) is 1. The van der Waals surface area contributed by atoms with Gasteiger partial charge >= 0.3 is 0 Å². The number of aliphatic hydroxyl groups is 1. The Labute approximate surface area is 168 Å². The average molecular weight is 400 g/mol. The zero-order chi connectivity index (χ0) is 19.5. The predicted octanol–water partition coefficient (Wildman–Crippen LogP) is 3.25. The van der Waals surface area contributed by atoms with E-state index in [-0.39, 0.29) is 19.1 Å². The summed E-state index contributed by atoms with van der Waals surface area (Å²) in [5.74, 6) is 1.35. The molecule has 1 aliphatic heterocycles. The van der Waals surface area contributed by atoms with E-state index in [2.05, 4.69) is 4.98 Å². The van der Waals surface area contributed by atoms with Gasteiger partial charge in [0.1, 0.15) is 24.7 Å². The van der Waals surface area contributed by atoms with Crippen molar-refractivity contribution in [1.29, 1.82) is 0 Å². The van der Waals surface area contributed by atoms with E-state index < -0.39 is 6.10 Å². The van der Waals surface area contributed by atoms with Crippen LogP contribution in [0, 0.1) is 0 Å². The molecular weight excluding hydrogens is 378 g/mol. The molecule has 146 valence electrons. The summed E-state index contributed by atoms with van der Waals surface area (Å²) in [4.78, 5) is 19.2. The van der Waals surface area contributed by atoms with Crippen LogP contribution in [0.15, 0.2) is 48.5 Å². The van der Waals surface area contributed by atoms with Crippen molar-refractivity contribution in [3.05, 3.63) is 59.4 Å². The van der Waals surface area contributed by atoms with E-state index in [1.54, 1.807) is 29.2 Å². The first-order valence-electron chi connectivity index (χ1n) is 9.38. The molecule has 0 spiro atoms. The van der Waals surface area contributed by atoms with Crippen molar-refractivity contribution >= 4 is 28.5 Å². The maximum atomic E-state index is 12.8. The highest BCUT2D eigenvalue weighted by molar-refractivity contribution is 6.30. The standard InChI is InChI=1S/C21H22ClN3O3/c22-15-7-9-17(10-8-15)28-14-20-23-18-5-1-2-6-19(18)25(20)13-21(27)24-11-3-4-16(26)12-24/h1-2,5-10,16,26H,3-4,11-14H2/t16-/m1/s1. The lowest BCUT2D eigenvalue weighted by atomic mass is 10.1. The minimum absolute atomic E-state index is 0.0188. The lowest BCUT2D eigenvalue weighted by Crippen LogP contribution is -2.43. The molecule has 0 radical (unpaired) electrons. The Kier molecular flexibility index (Phi) is 5.50. The number of halogens is 1. The van der Waals surface area contributed by atoms with Gasteiger partial charge in [0.15, 0.2) is 0 Å². The minimum Gasteiger partial charge on any atom is -0.486 e. The molecule has 3 aromatic rings. The van der Waals surface area contributed by atoms with Gasteiger partial charge in [0.2, 0.25) is 5.91 Å². The number of aromatic nitrogens is 2. The molecule has 6 nitrogen and oxygen atoms in total. The van der Waals surface area contributed by atoms with E-state index in [9.17, 15) is 9.90 Å². The third-order valence-corrected chi connectivity index (χ3v) is 5.21. The molecule has 4 rings (SSSR count). The van der Waals surface area contributed by atoms with Gasteiger partial charge in [-0.05, 0) is 49.2 Å². The smallest absolute Gasteiger partial charge is 0.242 e. The van der Waals surface area contributed by atoms with Gasteiger partial charge in [-0.3, -0.25) is 4.79 Å². The highest BCUT2D eigenvalue weighted by Gasteiger charge is 2.23. The van der Waals surface area contributed by atoms with Crippen molar-refractivity contribution in [3.8, 4) is 5.75 Å². The number of hydrogen-bond donors (Lipinski definition) is 1. The van der Waals surface area contributed by atoms with Gasteiger partial charge < -0.3 is 19.3 Å². The molecule has 28 heavy (non-hydrogen) atoms. The molecule has 1 amide bonds. The van der Waals surface area contributed by atoms with Crippen molar-refractivity contribution < 1.29 is 14.6 Å². The van der Waals surface area contributed by atoms with E-state index in [0.29, 0.717) is 29.7 Å². The van der Waals surface area contributed by atoms with E-state index in [1.165, 1.54) is 0 Å². The van der Waals surface area contributed by atoms with Crippen LogP contribution in [0.2, 0.25) is 5.02 Å². The highest BCUT2D eigenvalue weighted by Crippen LogP contribution is 2.21. The molecule has 1 fully saturated rings. The number of para-hydroxylation sites is 2. The molecule has 1 atom stereocenters. The number of carbonyl (C=O) groups excluding carboxylic acids is 1. The van der Waals surface area contributed by atoms with Crippen LogP contribution in [-0.2, 0) is 17.9 Å². The second-order valence-corrected chi connectivity index (χ2v) is 7.42. The van der Waals surface area contributed by atoms with Crippen LogP contribution in [-0.4, -0.2) is 44.7 Å². The number of nitrogens with zero attached hydrogens (tertiary/aromatic N) is 3. The number of carbonyl (C=O) groups is 1. The lowest BCUT2D eigenvalue weighted by molar-refractivity contribution is -0.134. The van der Waals surface area contributed by atoms with Crippen LogP contribution in [0.1, 0.15) is 18.7 Å². The number of benzene rings is 2. The first-order valence-corrected chi connectivity index (χ1v) is 9.76. The number of rotatable bonds is 5. The van der Waals surface area contributed by atoms with Gasteiger partial charge in [0.05, 0.1) is 17.1 Å². The Hall–Kier alpha value is -2.57. The van der Waals surface area contributed by atoms with Crippen LogP contribution in [0.5, 0.6) is 5.75 Å². The van der Waals surface area contributed by atoms with Crippen molar-refractivity contribution in [2.45, 2.75) is 32.1 Å². The summed E-state index contributed by atoms with van der Waals surface area (Å²) >= 11 is 5.92. The van der Waals surface area contributed by atoms with E-state index in [4.69, 9.17) is 16.3 Å². The molecule has 1 aromatic heterocycles. The second kappa shape index (κ2) is 8.20. The number of imidazole rings is 1. The number of likely N-dealkylation sites (tertiary alicyclic amines) is 1.